The first-order chi connectivity index (χ1) is 11.5. The fourth-order valence-electron chi connectivity index (χ4n) is 2.32. The van der Waals surface area contributed by atoms with Crippen LogP contribution in [0.5, 0.6) is 0 Å². The summed E-state index contributed by atoms with van der Waals surface area (Å²) in [6, 6.07) is 12.0. The average Bonchev–Trinajstić information content (AvgIpc) is 2.86. The van der Waals surface area contributed by atoms with Gasteiger partial charge in [0.05, 0.1) is 16.7 Å². The van der Waals surface area contributed by atoms with Crippen molar-refractivity contribution in [2.75, 3.05) is 7.05 Å². The van der Waals surface area contributed by atoms with Crippen molar-refractivity contribution in [1.29, 1.82) is 0 Å². The lowest BCUT2D eigenvalue weighted by Gasteiger charge is -2.13. The first kappa shape index (κ1) is 15.4. The molecule has 0 fully saturated rings. The molecular weight excluding hydrogens is 312 g/mol. The first-order valence-corrected chi connectivity index (χ1v) is 7.05. The van der Waals surface area contributed by atoms with E-state index in [0.717, 1.165) is 0 Å². The monoisotopic (exact) mass is 324 g/mol. The molecule has 2 aromatic rings. The van der Waals surface area contributed by atoms with Crippen molar-refractivity contribution in [3.05, 3.63) is 70.8 Å². The molecule has 0 aliphatic carbocycles. The third-order valence-corrected chi connectivity index (χ3v) is 3.52. The largest absolute Gasteiger partial charge is 0.363 e. The highest BCUT2D eigenvalue weighted by molar-refractivity contribution is 6.21. The number of carbonyl (C=O) groups is 4. The lowest BCUT2D eigenvalue weighted by molar-refractivity contribution is -0.0584. The number of hydrogen-bond donors (Lipinski definition) is 1. The second-order valence-electron chi connectivity index (χ2n) is 4.99. The molecule has 24 heavy (non-hydrogen) atoms. The topological polar surface area (TPSA) is 92.8 Å². The van der Waals surface area contributed by atoms with Crippen LogP contribution in [0.4, 0.5) is 0 Å². The maximum absolute atomic E-state index is 12.2. The molecule has 1 N–H and O–H groups in total. The molecule has 7 nitrogen and oxygen atoms in total. The number of nitrogens with one attached hydrogen (secondary N) is 1. The van der Waals surface area contributed by atoms with Gasteiger partial charge in [0.15, 0.2) is 0 Å². The molecule has 0 unspecified atom stereocenters. The van der Waals surface area contributed by atoms with E-state index in [1.54, 1.807) is 12.1 Å². The number of benzene rings is 2. The Bertz CT molecular complexity index is 840. The van der Waals surface area contributed by atoms with Crippen molar-refractivity contribution < 1.29 is 24.0 Å². The SMILES string of the molecule is CNC(=O)c1cccc(C(=O)ON2C(=O)c3ccccc3C2=O)c1. The Morgan fingerprint density at radius 2 is 1.50 bits per heavy atom. The highest BCUT2D eigenvalue weighted by atomic mass is 16.7. The summed E-state index contributed by atoms with van der Waals surface area (Å²) < 4.78 is 0. The van der Waals surface area contributed by atoms with E-state index >= 15 is 0 Å². The molecule has 0 atom stereocenters. The summed E-state index contributed by atoms with van der Waals surface area (Å²) in [6.45, 7) is 0. The highest BCUT2D eigenvalue weighted by Gasteiger charge is 2.38. The molecule has 2 aromatic carbocycles. The Labute approximate surface area is 136 Å². The fraction of sp³-hybridized carbons (Fsp3) is 0.0588. The Balaban J connectivity index is 1.83. The molecule has 0 spiro atoms. The van der Waals surface area contributed by atoms with Crippen LogP contribution in [-0.4, -0.2) is 35.8 Å². The van der Waals surface area contributed by atoms with E-state index in [1.807, 2.05) is 0 Å². The fourth-order valence-corrected chi connectivity index (χ4v) is 2.32. The van der Waals surface area contributed by atoms with Crippen LogP contribution in [0, 0.1) is 0 Å². The minimum atomic E-state index is -0.907. The quantitative estimate of drug-likeness (QED) is 0.862. The van der Waals surface area contributed by atoms with E-state index in [4.69, 9.17) is 4.84 Å². The van der Waals surface area contributed by atoms with Crippen molar-refractivity contribution in [1.82, 2.24) is 10.4 Å². The Morgan fingerprint density at radius 1 is 0.917 bits per heavy atom. The van der Waals surface area contributed by atoms with Crippen LogP contribution in [0.1, 0.15) is 41.4 Å². The van der Waals surface area contributed by atoms with E-state index < -0.39 is 17.8 Å². The summed E-state index contributed by atoms with van der Waals surface area (Å²) >= 11 is 0. The third-order valence-electron chi connectivity index (χ3n) is 3.52. The number of hydrogen-bond acceptors (Lipinski definition) is 5. The molecule has 3 amide bonds. The Kier molecular flexibility index (Phi) is 3.83. The zero-order valence-electron chi connectivity index (χ0n) is 12.6. The van der Waals surface area contributed by atoms with E-state index in [1.165, 1.54) is 43.4 Å². The molecule has 0 aromatic heterocycles. The van der Waals surface area contributed by atoms with E-state index in [2.05, 4.69) is 5.32 Å². The van der Waals surface area contributed by atoms with Crippen LogP contribution in [0.15, 0.2) is 48.5 Å². The van der Waals surface area contributed by atoms with Gasteiger partial charge in [-0.3, -0.25) is 14.4 Å². The second kappa shape index (κ2) is 5.96. The van der Waals surface area contributed by atoms with Gasteiger partial charge >= 0.3 is 5.97 Å². The molecule has 3 rings (SSSR count). The van der Waals surface area contributed by atoms with Crippen LogP contribution < -0.4 is 5.32 Å². The standard InChI is InChI=1S/C17H12N2O5/c1-18-14(20)10-5-4-6-11(9-10)17(23)24-19-15(21)12-7-2-3-8-13(12)16(19)22/h2-9H,1H3,(H,18,20). The van der Waals surface area contributed by atoms with Crippen LogP contribution in [0.3, 0.4) is 0 Å². The zero-order valence-corrected chi connectivity index (χ0v) is 12.6. The van der Waals surface area contributed by atoms with Gasteiger partial charge in [0.2, 0.25) is 0 Å². The van der Waals surface area contributed by atoms with Crippen LogP contribution >= 0.6 is 0 Å². The minimum Gasteiger partial charge on any atom is -0.355 e. The van der Waals surface area contributed by atoms with Crippen LogP contribution in [-0.2, 0) is 4.84 Å². The minimum absolute atomic E-state index is 0.0488. The van der Waals surface area contributed by atoms with Gasteiger partial charge in [-0.2, -0.15) is 0 Å². The number of nitrogens with zero attached hydrogens (tertiary/aromatic N) is 1. The summed E-state index contributed by atoms with van der Waals surface area (Å²) in [6.07, 6.45) is 0. The van der Waals surface area contributed by atoms with Gasteiger partial charge in [-0.15, -0.1) is 0 Å². The van der Waals surface area contributed by atoms with Gasteiger partial charge < -0.3 is 10.2 Å². The molecule has 1 heterocycles. The smallest absolute Gasteiger partial charge is 0.355 e. The highest BCUT2D eigenvalue weighted by Crippen LogP contribution is 2.23. The first-order valence-electron chi connectivity index (χ1n) is 7.05. The molecule has 0 saturated heterocycles. The van der Waals surface area contributed by atoms with Gasteiger partial charge in [0, 0.05) is 12.6 Å². The maximum Gasteiger partial charge on any atom is 0.363 e. The maximum atomic E-state index is 12.2. The predicted molar refractivity (Wildman–Crippen MR) is 82.2 cm³/mol. The molecule has 1 aliphatic heterocycles. The zero-order chi connectivity index (χ0) is 17.3. The number of hydroxylamine groups is 2. The molecule has 0 saturated carbocycles. The molecule has 1 aliphatic rings. The van der Waals surface area contributed by atoms with Gasteiger partial charge in [-0.05, 0) is 30.3 Å². The summed E-state index contributed by atoms with van der Waals surface area (Å²) in [7, 11) is 1.46. The van der Waals surface area contributed by atoms with E-state index in [9.17, 15) is 19.2 Å². The van der Waals surface area contributed by atoms with Crippen LogP contribution in [0.2, 0.25) is 0 Å². The Hall–Kier alpha value is -3.48. The van der Waals surface area contributed by atoms with E-state index in [-0.39, 0.29) is 28.2 Å². The molecule has 0 radical (unpaired) electrons. The van der Waals surface area contributed by atoms with Gasteiger partial charge in [-0.1, -0.05) is 23.3 Å². The van der Waals surface area contributed by atoms with Gasteiger partial charge in [0.25, 0.3) is 17.7 Å². The van der Waals surface area contributed by atoms with Crippen molar-refractivity contribution >= 4 is 23.7 Å². The third kappa shape index (κ3) is 2.52. The number of carbonyl (C=O) groups excluding carboxylic acids is 4. The van der Waals surface area contributed by atoms with Crippen molar-refractivity contribution in [3.8, 4) is 0 Å². The van der Waals surface area contributed by atoms with Gasteiger partial charge in [-0.25, -0.2) is 4.79 Å². The number of rotatable bonds is 3. The summed E-state index contributed by atoms with van der Waals surface area (Å²) in [5.74, 6) is -2.68. The number of fused-ring (bicyclic) bond motifs is 1. The van der Waals surface area contributed by atoms with Crippen LogP contribution in [0.25, 0.3) is 0 Å². The summed E-state index contributed by atoms with van der Waals surface area (Å²) in [5, 5.41) is 2.87. The molecule has 0 bridgehead atoms. The predicted octanol–water partition coefficient (Wildman–Crippen LogP) is 1.41. The lowest BCUT2D eigenvalue weighted by atomic mass is 10.1. The number of imide groups is 1. The normalized spacial score (nSPS) is 12.8. The average molecular weight is 324 g/mol. The van der Waals surface area contributed by atoms with Crippen molar-refractivity contribution in [3.63, 3.8) is 0 Å². The van der Waals surface area contributed by atoms with Gasteiger partial charge in [0.1, 0.15) is 0 Å². The molecular formula is C17H12N2O5. The van der Waals surface area contributed by atoms with Crippen molar-refractivity contribution in [2.45, 2.75) is 0 Å². The Morgan fingerprint density at radius 3 is 2.08 bits per heavy atom. The molecule has 120 valence electrons. The summed E-state index contributed by atoms with van der Waals surface area (Å²) in [4.78, 5) is 53.1. The molecule has 7 heteroatoms. The summed E-state index contributed by atoms with van der Waals surface area (Å²) in [5.41, 5.74) is 0.658. The second-order valence-corrected chi connectivity index (χ2v) is 4.99. The van der Waals surface area contributed by atoms with Crippen molar-refractivity contribution in [2.24, 2.45) is 0 Å². The van der Waals surface area contributed by atoms with E-state index in [0.29, 0.717) is 5.06 Å². The lowest BCUT2D eigenvalue weighted by Crippen LogP contribution is -2.32. The number of amides is 3.